The third kappa shape index (κ3) is 5.64. The van der Waals surface area contributed by atoms with Crippen molar-refractivity contribution in [3.63, 3.8) is 0 Å². The lowest BCUT2D eigenvalue weighted by Gasteiger charge is -2.38. The predicted octanol–water partition coefficient (Wildman–Crippen LogP) is 4.39. The number of likely N-dealkylation sites (tertiary alicyclic amines) is 1. The second-order valence-corrected chi connectivity index (χ2v) is 9.11. The van der Waals surface area contributed by atoms with Crippen molar-refractivity contribution < 1.29 is 24.1 Å². The van der Waals surface area contributed by atoms with Gasteiger partial charge in [-0.1, -0.05) is 54.6 Å². The van der Waals surface area contributed by atoms with Gasteiger partial charge in [0.1, 0.15) is 17.1 Å². The highest BCUT2D eigenvalue weighted by Crippen LogP contribution is 2.42. The molecule has 0 bridgehead atoms. The molecule has 1 saturated heterocycles. The first kappa shape index (κ1) is 26.3. The largest absolute Gasteiger partial charge is 0.497 e. The summed E-state index contributed by atoms with van der Waals surface area (Å²) in [5, 5.41) is 10.4. The fourth-order valence-corrected chi connectivity index (χ4v) is 4.97. The molecule has 1 aliphatic rings. The Morgan fingerprint density at radius 3 is 2.00 bits per heavy atom. The number of nitrogens with zero attached hydrogens (tertiary/aromatic N) is 1. The lowest BCUT2D eigenvalue weighted by Crippen LogP contribution is -2.42. The number of terminal acetylenes is 1. The lowest BCUT2D eigenvalue weighted by atomic mass is 9.80. The van der Waals surface area contributed by atoms with E-state index in [1.54, 1.807) is 19.1 Å². The molecule has 1 aliphatic heterocycles. The molecule has 0 unspecified atom stereocenters. The van der Waals surface area contributed by atoms with Crippen molar-refractivity contribution in [2.75, 3.05) is 27.4 Å². The summed E-state index contributed by atoms with van der Waals surface area (Å²) in [6, 6.07) is 25.4. The Balaban J connectivity index is 1.78. The number of ether oxygens (including phenoxy) is 3. The number of aliphatic hydroxyl groups excluding tert-OH is 1. The summed E-state index contributed by atoms with van der Waals surface area (Å²) in [4.78, 5) is 14.6. The molecule has 0 aromatic heterocycles. The second kappa shape index (κ2) is 12.0. The molecule has 192 valence electrons. The van der Waals surface area contributed by atoms with Gasteiger partial charge in [0.2, 0.25) is 5.91 Å². The maximum Gasteiger partial charge on any atom is 0.223 e. The molecular weight excluding hydrogens is 466 g/mol. The maximum atomic E-state index is 12.9. The number of rotatable bonds is 10. The highest BCUT2D eigenvalue weighted by Gasteiger charge is 2.41. The van der Waals surface area contributed by atoms with Gasteiger partial charge < -0.3 is 24.2 Å². The summed E-state index contributed by atoms with van der Waals surface area (Å²) in [7, 11) is 3.27. The molecule has 1 N–H and O–H groups in total. The molecule has 2 atom stereocenters. The molecule has 0 radical (unpaired) electrons. The van der Waals surface area contributed by atoms with Crippen molar-refractivity contribution in [3.05, 3.63) is 95.6 Å². The van der Waals surface area contributed by atoms with Crippen LogP contribution >= 0.6 is 0 Å². The summed E-state index contributed by atoms with van der Waals surface area (Å²) in [6.45, 7) is 0.507. The van der Waals surface area contributed by atoms with E-state index in [9.17, 15) is 9.90 Å². The Bertz CT molecular complexity index is 1150. The Hall–Kier alpha value is -3.79. The van der Waals surface area contributed by atoms with Crippen molar-refractivity contribution in [1.82, 2.24) is 4.90 Å². The molecule has 1 amide bonds. The van der Waals surface area contributed by atoms with Gasteiger partial charge in [0.25, 0.3) is 0 Å². The van der Waals surface area contributed by atoms with E-state index in [0.717, 1.165) is 28.2 Å². The summed E-state index contributed by atoms with van der Waals surface area (Å²) in [5.74, 6) is 3.94. The van der Waals surface area contributed by atoms with Gasteiger partial charge in [-0.3, -0.25) is 4.79 Å². The van der Waals surface area contributed by atoms with E-state index in [4.69, 9.17) is 20.6 Å². The first-order chi connectivity index (χ1) is 18.0. The summed E-state index contributed by atoms with van der Waals surface area (Å²) >= 11 is 0. The van der Waals surface area contributed by atoms with Crippen molar-refractivity contribution in [3.8, 4) is 23.8 Å². The molecule has 3 aromatic rings. The predicted molar refractivity (Wildman–Crippen MR) is 142 cm³/mol. The van der Waals surface area contributed by atoms with Gasteiger partial charge in [0.15, 0.2) is 0 Å². The van der Waals surface area contributed by atoms with Crippen molar-refractivity contribution in [2.24, 2.45) is 0 Å². The zero-order valence-corrected chi connectivity index (χ0v) is 21.3. The monoisotopic (exact) mass is 499 g/mol. The van der Waals surface area contributed by atoms with E-state index in [-0.39, 0.29) is 31.5 Å². The Labute approximate surface area is 218 Å². The minimum atomic E-state index is -0.985. The zero-order valence-electron chi connectivity index (χ0n) is 21.3. The van der Waals surface area contributed by atoms with Gasteiger partial charge in [-0.25, -0.2) is 0 Å². The van der Waals surface area contributed by atoms with E-state index < -0.39 is 11.7 Å². The van der Waals surface area contributed by atoms with Gasteiger partial charge in [-0.2, -0.15) is 0 Å². The van der Waals surface area contributed by atoms with E-state index in [2.05, 4.69) is 5.92 Å². The standard InChI is InChI=1S/C31H33NO5/c1-4-5-11-30(34)32-21-27(33)20-26(32)22-37-31(23-9-7-6-8-10-23,24-12-16-28(35-2)17-13-24)25-14-18-29(36-3)19-15-25/h1,6-10,12-19,26-27,33H,5,11,20-22H2,2-3H3/t26-,27+/m0/s1. The van der Waals surface area contributed by atoms with Crippen LogP contribution in [0.2, 0.25) is 0 Å². The highest BCUT2D eigenvalue weighted by molar-refractivity contribution is 5.77. The van der Waals surface area contributed by atoms with Gasteiger partial charge in [-0.15, -0.1) is 12.3 Å². The Morgan fingerprint density at radius 2 is 1.49 bits per heavy atom. The summed E-state index contributed by atoms with van der Waals surface area (Å²) in [6.07, 6.45) is 5.83. The van der Waals surface area contributed by atoms with Crippen LogP contribution in [0.15, 0.2) is 78.9 Å². The fourth-order valence-electron chi connectivity index (χ4n) is 4.97. The third-order valence-electron chi connectivity index (χ3n) is 6.86. The average Bonchev–Trinajstić information content (AvgIpc) is 3.33. The van der Waals surface area contributed by atoms with Crippen molar-refractivity contribution in [2.45, 2.75) is 37.0 Å². The minimum absolute atomic E-state index is 0.0673. The molecule has 37 heavy (non-hydrogen) atoms. The molecule has 1 heterocycles. The summed E-state index contributed by atoms with van der Waals surface area (Å²) in [5.41, 5.74) is 1.77. The molecule has 6 heteroatoms. The maximum absolute atomic E-state index is 12.9. The number of hydrogen-bond acceptors (Lipinski definition) is 5. The number of carbonyl (C=O) groups excluding carboxylic acids is 1. The van der Waals surface area contributed by atoms with Crippen LogP contribution < -0.4 is 9.47 Å². The van der Waals surface area contributed by atoms with E-state index in [0.29, 0.717) is 12.8 Å². The van der Waals surface area contributed by atoms with Gasteiger partial charge >= 0.3 is 0 Å². The minimum Gasteiger partial charge on any atom is -0.497 e. The first-order valence-electron chi connectivity index (χ1n) is 12.4. The number of aliphatic hydroxyl groups is 1. The highest BCUT2D eigenvalue weighted by atomic mass is 16.5. The van der Waals surface area contributed by atoms with Gasteiger partial charge in [-0.05, 0) is 47.4 Å². The Morgan fingerprint density at radius 1 is 0.946 bits per heavy atom. The normalized spacial score (nSPS) is 17.3. The molecule has 0 spiro atoms. The van der Waals surface area contributed by atoms with Crippen LogP contribution in [-0.4, -0.2) is 55.4 Å². The first-order valence-corrected chi connectivity index (χ1v) is 12.4. The Kier molecular flexibility index (Phi) is 8.50. The second-order valence-electron chi connectivity index (χ2n) is 9.11. The molecule has 3 aromatic carbocycles. The average molecular weight is 500 g/mol. The quantitative estimate of drug-likeness (QED) is 0.331. The number of β-amino-alcohol motifs (C(OH)–C–C–N with tert-alkyl or cyclic N) is 1. The zero-order chi connectivity index (χ0) is 26.3. The topological polar surface area (TPSA) is 68.2 Å². The molecule has 0 saturated carbocycles. The van der Waals surface area contributed by atoms with E-state index in [1.807, 2.05) is 78.9 Å². The lowest BCUT2D eigenvalue weighted by molar-refractivity contribution is -0.134. The van der Waals surface area contributed by atoms with E-state index in [1.165, 1.54) is 0 Å². The number of hydrogen-bond donors (Lipinski definition) is 1. The molecule has 0 aliphatic carbocycles. The fraction of sp³-hybridized carbons (Fsp3) is 0.323. The molecular formula is C31H33NO5. The number of amides is 1. The smallest absolute Gasteiger partial charge is 0.223 e. The molecule has 4 rings (SSSR count). The number of methoxy groups -OCH3 is 2. The van der Waals surface area contributed by atoms with Crippen molar-refractivity contribution in [1.29, 1.82) is 0 Å². The SMILES string of the molecule is C#CCCC(=O)N1C[C@H](O)C[C@H]1COC(c1ccccc1)(c1ccc(OC)cc1)c1ccc(OC)cc1. The van der Waals surface area contributed by atoms with E-state index >= 15 is 0 Å². The number of carbonyl (C=O) groups is 1. The molecule has 1 fully saturated rings. The van der Waals surface area contributed by atoms with Crippen LogP contribution in [0.4, 0.5) is 0 Å². The van der Waals surface area contributed by atoms with Crippen LogP contribution in [-0.2, 0) is 15.1 Å². The summed E-state index contributed by atoms with van der Waals surface area (Å²) < 4.78 is 17.7. The van der Waals surface area contributed by atoms with Crippen LogP contribution in [0.3, 0.4) is 0 Å². The van der Waals surface area contributed by atoms with Crippen LogP contribution in [0.1, 0.15) is 36.0 Å². The van der Waals surface area contributed by atoms with Gasteiger partial charge in [0, 0.05) is 19.4 Å². The molecule has 6 nitrogen and oxygen atoms in total. The van der Waals surface area contributed by atoms with Crippen LogP contribution in [0.5, 0.6) is 11.5 Å². The van der Waals surface area contributed by atoms with Crippen molar-refractivity contribution >= 4 is 5.91 Å². The van der Waals surface area contributed by atoms with Crippen LogP contribution in [0, 0.1) is 12.3 Å². The van der Waals surface area contributed by atoms with Gasteiger partial charge in [0.05, 0.1) is 33.0 Å². The number of benzene rings is 3. The third-order valence-corrected chi connectivity index (χ3v) is 6.86. The van der Waals surface area contributed by atoms with Crippen LogP contribution in [0.25, 0.3) is 0 Å².